The van der Waals surface area contributed by atoms with E-state index in [1.54, 1.807) is 7.11 Å². The fourth-order valence-corrected chi connectivity index (χ4v) is 2.72. The van der Waals surface area contributed by atoms with Gasteiger partial charge in [0.2, 0.25) is 0 Å². The molecule has 5 N–H and O–H groups in total. The summed E-state index contributed by atoms with van der Waals surface area (Å²) < 4.78 is 11.4. The normalized spacial score (nSPS) is 22.0. The zero-order chi connectivity index (χ0) is 17.4. The average Bonchev–Trinajstić information content (AvgIpc) is 2.60. The van der Waals surface area contributed by atoms with Crippen LogP contribution in [-0.4, -0.2) is 53.4 Å². The highest BCUT2D eigenvalue weighted by molar-refractivity contribution is 5.55. The number of methoxy groups -OCH3 is 1. The van der Waals surface area contributed by atoms with Crippen LogP contribution in [-0.2, 0) is 0 Å². The van der Waals surface area contributed by atoms with E-state index in [4.69, 9.17) is 9.47 Å². The van der Waals surface area contributed by atoms with Crippen LogP contribution < -0.4 is 36.1 Å². The van der Waals surface area contributed by atoms with Crippen LogP contribution in [0.1, 0.15) is 13.3 Å². The summed E-state index contributed by atoms with van der Waals surface area (Å²) in [7, 11) is 5.57. The molecule has 2 rings (SSSR count). The summed E-state index contributed by atoms with van der Waals surface area (Å²) in [6, 6.07) is 5.91. The first-order valence-electron chi connectivity index (χ1n) is 8.55. The molecule has 0 saturated carbocycles. The molecule has 1 aliphatic rings. The molecular formula is C17H31N5O2. The van der Waals surface area contributed by atoms with Crippen molar-refractivity contribution in [2.75, 3.05) is 46.2 Å². The summed E-state index contributed by atoms with van der Waals surface area (Å²) in [6.45, 7) is 4.67. The van der Waals surface area contributed by atoms with Gasteiger partial charge in [0.05, 0.1) is 19.9 Å². The average molecular weight is 337 g/mol. The molecule has 7 heteroatoms. The van der Waals surface area contributed by atoms with Crippen molar-refractivity contribution in [2.45, 2.75) is 25.8 Å². The molecule has 0 aliphatic carbocycles. The van der Waals surface area contributed by atoms with Crippen LogP contribution in [0.25, 0.3) is 0 Å². The molecule has 24 heavy (non-hydrogen) atoms. The highest BCUT2D eigenvalue weighted by Crippen LogP contribution is 2.30. The van der Waals surface area contributed by atoms with Gasteiger partial charge in [-0.1, -0.05) is 6.92 Å². The lowest BCUT2D eigenvalue weighted by molar-refractivity contribution is 0.246. The predicted octanol–water partition coefficient (Wildman–Crippen LogP) is 0.753. The summed E-state index contributed by atoms with van der Waals surface area (Å²) in [5.74, 6) is 1.93. The molecule has 0 radical (unpaired) electrons. The fourth-order valence-electron chi connectivity index (χ4n) is 2.72. The van der Waals surface area contributed by atoms with Gasteiger partial charge in [-0.2, -0.15) is 0 Å². The van der Waals surface area contributed by atoms with E-state index in [-0.39, 0.29) is 6.29 Å². The van der Waals surface area contributed by atoms with Crippen LogP contribution in [0.15, 0.2) is 18.2 Å². The Morgan fingerprint density at radius 2 is 2.12 bits per heavy atom. The van der Waals surface area contributed by atoms with Crippen molar-refractivity contribution in [3.8, 4) is 11.5 Å². The molecule has 0 amide bonds. The molecule has 0 bridgehead atoms. The highest BCUT2D eigenvalue weighted by atomic mass is 16.5. The Balaban J connectivity index is 1.99. The van der Waals surface area contributed by atoms with Crippen LogP contribution in [0.2, 0.25) is 0 Å². The van der Waals surface area contributed by atoms with Crippen LogP contribution in [0.4, 0.5) is 5.69 Å². The number of rotatable bonds is 9. The van der Waals surface area contributed by atoms with Gasteiger partial charge in [0.15, 0.2) is 11.5 Å². The SMILES string of the molecule is CNCC(C)COc1cc(NC2NCCC(NC)N2)ccc1OC. The molecule has 0 aromatic heterocycles. The van der Waals surface area contributed by atoms with Gasteiger partial charge in [-0.25, -0.2) is 0 Å². The van der Waals surface area contributed by atoms with Gasteiger partial charge in [-0.15, -0.1) is 0 Å². The number of anilines is 1. The highest BCUT2D eigenvalue weighted by Gasteiger charge is 2.19. The van der Waals surface area contributed by atoms with Crippen LogP contribution in [0, 0.1) is 5.92 Å². The van der Waals surface area contributed by atoms with Crippen LogP contribution >= 0.6 is 0 Å². The zero-order valence-electron chi connectivity index (χ0n) is 15.1. The molecule has 1 heterocycles. The summed E-state index contributed by atoms with van der Waals surface area (Å²) in [5, 5.41) is 16.7. The third-order valence-corrected chi connectivity index (χ3v) is 4.05. The van der Waals surface area contributed by atoms with E-state index in [9.17, 15) is 0 Å². The minimum absolute atomic E-state index is 0.0145. The smallest absolute Gasteiger partial charge is 0.163 e. The Morgan fingerprint density at radius 1 is 1.29 bits per heavy atom. The fraction of sp³-hybridized carbons (Fsp3) is 0.647. The molecule has 1 saturated heterocycles. The third-order valence-electron chi connectivity index (χ3n) is 4.05. The first-order chi connectivity index (χ1) is 11.7. The van der Waals surface area contributed by atoms with Gasteiger partial charge in [0.1, 0.15) is 6.29 Å². The maximum Gasteiger partial charge on any atom is 0.163 e. The largest absolute Gasteiger partial charge is 0.493 e. The summed E-state index contributed by atoms with van der Waals surface area (Å²) in [5.41, 5.74) is 0.980. The lowest BCUT2D eigenvalue weighted by Gasteiger charge is -2.33. The monoisotopic (exact) mass is 337 g/mol. The maximum absolute atomic E-state index is 5.96. The van der Waals surface area contributed by atoms with Gasteiger partial charge in [-0.3, -0.25) is 10.6 Å². The Morgan fingerprint density at radius 3 is 2.83 bits per heavy atom. The second-order valence-corrected chi connectivity index (χ2v) is 6.17. The molecule has 3 unspecified atom stereocenters. The topological polar surface area (TPSA) is 78.6 Å². The quantitative estimate of drug-likeness (QED) is 0.455. The molecule has 0 spiro atoms. The van der Waals surface area contributed by atoms with Gasteiger partial charge in [0, 0.05) is 30.8 Å². The van der Waals surface area contributed by atoms with Crippen molar-refractivity contribution in [3.05, 3.63) is 18.2 Å². The van der Waals surface area contributed by atoms with E-state index < -0.39 is 0 Å². The van der Waals surface area contributed by atoms with Crippen molar-refractivity contribution in [1.82, 2.24) is 21.3 Å². The first kappa shape index (κ1) is 18.8. The lowest BCUT2D eigenvalue weighted by atomic mass is 10.2. The number of benzene rings is 1. The van der Waals surface area contributed by atoms with Gasteiger partial charge >= 0.3 is 0 Å². The van der Waals surface area contributed by atoms with E-state index in [0.29, 0.717) is 18.7 Å². The van der Waals surface area contributed by atoms with Crippen LogP contribution in [0.5, 0.6) is 11.5 Å². The molecule has 3 atom stereocenters. The van der Waals surface area contributed by atoms with Gasteiger partial charge < -0.3 is 25.4 Å². The Labute approximate surface area is 144 Å². The lowest BCUT2D eigenvalue weighted by Crippen LogP contribution is -2.61. The predicted molar refractivity (Wildman–Crippen MR) is 97.6 cm³/mol. The Bertz CT molecular complexity index is 500. The second kappa shape index (κ2) is 9.68. The minimum atomic E-state index is 0.0145. The van der Waals surface area contributed by atoms with E-state index in [1.165, 1.54) is 0 Å². The minimum Gasteiger partial charge on any atom is -0.493 e. The second-order valence-electron chi connectivity index (χ2n) is 6.17. The van der Waals surface area contributed by atoms with E-state index in [0.717, 1.165) is 36.7 Å². The van der Waals surface area contributed by atoms with E-state index in [2.05, 4.69) is 33.5 Å². The zero-order valence-corrected chi connectivity index (χ0v) is 15.1. The molecule has 1 fully saturated rings. The maximum atomic E-state index is 5.96. The molecule has 136 valence electrons. The van der Waals surface area contributed by atoms with Crippen LogP contribution in [0.3, 0.4) is 0 Å². The molecule has 1 aliphatic heterocycles. The summed E-state index contributed by atoms with van der Waals surface area (Å²) in [4.78, 5) is 0. The first-order valence-corrected chi connectivity index (χ1v) is 8.55. The number of hydrogen-bond donors (Lipinski definition) is 5. The Kier molecular flexibility index (Phi) is 7.58. The summed E-state index contributed by atoms with van der Waals surface area (Å²) in [6.07, 6.45) is 1.37. The van der Waals surface area contributed by atoms with Crippen molar-refractivity contribution >= 4 is 5.69 Å². The number of ether oxygens (including phenoxy) is 2. The standard InChI is InChI=1S/C17H31N5O2/c1-12(10-18-2)11-24-15-9-13(5-6-14(15)23-4)21-17-20-8-7-16(19-3)22-17/h5-6,9,12,16-22H,7-8,10-11H2,1-4H3. The van der Waals surface area contributed by atoms with Gasteiger partial charge in [0.25, 0.3) is 0 Å². The molecule has 1 aromatic carbocycles. The van der Waals surface area contributed by atoms with Crippen molar-refractivity contribution in [2.24, 2.45) is 5.92 Å². The number of nitrogens with one attached hydrogen (secondary N) is 5. The van der Waals surface area contributed by atoms with Crippen molar-refractivity contribution < 1.29 is 9.47 Å². The van der Waals surface area contributed by atoms with E-state index >= 15 is 0 Å². The van der Waals surface area contributed by atoms with E-state index in [1.807, 2.05) is 32.3 Å². The summed E-state index contributed by atoms with van der Waals surface area (Å²) >= 11 is 0. The molecular weight excluding hydrogens is 306 g/mol. The van der Waals surface area contributed by atoms with Gasteiger partial charge in [-0.05, 0) is 32.6 Å². The molecule has 7 nitrogen and oxygen atoms in total. The molecule has 1 aromatic rings. The van der Waals surface area contributed by atoms with Crippen molar-refractivity contribution in [1.29, 1.82) is 0 Å². The third kappa shape index (κ3) is 5.52. The Hall–Kier alpha value is -1.54. The number of hydrogen-bond acceptors (Lipinski definition) is 7. The van der Waals surface area contributed by atoms with Crippen molar-refractivity contribution in [3.63, 3.8) is 0 Å².